The second kappa shape index (κ2) is 5.15. The normalized spacial score (nSPS) is 20.0. The summed E-state index contributed by atoms with van der Waals surface area (Å²) in [5.74, 6) is 0.703. The number of thiol groups is 1. The summed E-state index contributed by atoms with van der Waals surface area (Å²) in [5, 5.41) is 3.63. The third kappa shape index (κ3) is 3.02. The monoisotopic (exact) mass is 278 g/mol. The average Bonchev–Trinajstić information content (AvgIpc) is 2.78. The van der Waals surface area contributed by atoms with Crippen LogP contribution in [0.25, 0.3) is 0 Å². The van der Waals surface area contributed by atoms with Crippen LogP contribution < -0.4 is 0 Å². The van der Waals surface area contributed by atoms with Crippen LogP contribution in [-0.2, 0) is 12.7 Å². The molecule has 0 saturated heterocycles. The first-order chi connectivity index (χ1) is 8.45. The Kier molecular flexibility index (Phi) is 3.94. The first kappa shape index (κ1) is 13.8. The number of nitrogens with zero attached hydrogens (tertiary/aromatic N) is 2. The predicted molar refractivity (Wildman–Crippen MR) is 66.6 cm³/mol. The Morgan fingerprint density at radius 2 is 1.94 bits per heavy atom. The molecule has 1 aromatic rings. The van der Waals surface area contributed by atoms with Gasteiger partial charge in [0.2, 0.25) is 0 Å². The molecular formula is C12H17F3N2S. The Morgan fingerprint density at radius 3 is 2.44 bits per heavy atom. The number of aromatic nitrogens is 2. The van der Waals surface area contributed by atoms with E-state index in [9.17, 15) is 13.2 Å². The molecule has 0 radical (unpaired) electrons. The Hall–Kier alpha value is -0.650. The van der Waals surface area contributed by atoms with Crippen LogP contribution in [0.15, 0.2) is 12.3 Å². The maximum Gasteiger partial charge on any atom is 0.435 e. The van der Waals surface area contributed by atoms with Gasteiger partial charge in [0, 0.05) is 12.7 Å². The van der Waals surface area contributed by atoms with Gasteiger partial charge in [0.15, 0.2) is 5.69 Å². The lowest BCUT2D eigenvalue weighted by Gasteiger charge is -2.35. The summed E-state index contributed by atoms with van der Waals surface area (Å²) in [5.41, 5.74) is -0.802. The molecule has 18 heavy (non-hydrogen) atoms. The van der Waals surface area contributed by atoms with Gasteiger partial charge in [0.1, 0.15) is 0 Å². The predicted octanol–water partition coefficient (Wildman–Crippen LogP) is 3.78. The van der Waals surface area contributed by atoms with Crippen molar-refractivity contribution in [3.63, 3.8) is 0 Å². The van der Waals surface area contributed by atoms with Crippen molar-refractivity contribution in [2.45, 2.75) is 44.8 Å². The summed E-state index contributed by atoms with van der Waals surface area (Å²) in [4.78, 5) is 0. The molecule has 2 nitrogen and oxygen atoms in total. The van der Waals surface area contributed by atoms with E-state index < -0.39 is 11.9 Å². The van der Waals surface area contributed by atoms with E-state index in [1.165, 1.54) is 17.3 Å². The molecule has 1 aliphatic carbocycles. The van der Waals surface area contributed by atoms with Gasteiger partial charge in [-0.2, -0.15) is 30.9 Å². The van der Waals surface area contributed by atoms with Crippen molar-refractivity contribution in [3.05, 3.63) is 18.0 Å². The van der Waals surface area contributed by atoms with Gasteiger partial charge in [-0.05, 0) is 30.1 Å². The van der Waals surface area contributed by atoms with Gasteiger partial charge in [-0.3, -0.25) is 4.68 Å². The Labute approximate surface area is 110 Å². The van der Waals surface area contributed by atoms with E-state index in [2.05, 4.69) is 17.7 Å². The second-order valence-electron chi connectivity index (χ2n) is 5.12. The van der Waals surface area contributed by atoms with Crippen LogP contribution >= 0.6 is 12.6 Å². The highest BCUT2D eigenvalue weighted by atomic mass is 32.1. The molecule has 0 unspecified atom stereocenters. The molecule has 0 bridgehead atoms. The van der Waals surface area contributed by atoms with E-state index in [0.717, 1.165) is 31.7 Å². The number of rotatable bonds is 3. The van der Waals surface area contributed by atoms with Crippen molar-refractivity contribution in [2.75, 3.05) is 5.75 Å². The first-order valence-electron chi connectivity index (χ1n) is 6.17. The smallest absolute Gasteiger partial charge is 0.272 e. The summed E-state index contributed by atoms with van der Waals surface area (Å²) < 4.78 is 38.8. The second-order valence-corrected chi connectivity index (χ2v) is 5.43. The molecule has 6 heteroatoms. The SMILES string of the molecule is FC(F)(F)c1ccn(CC2(CS)CCCCC2)n1. The average molecular weight is 278 g/mol. The third-order valence-electron chi connectivity index (χ3n) is 3.68. The molecule has 0 spiro atoms. The first-order valence-corrected chi connectivity index (χ1v) is 6.80. The van der Waals surface area contributed by atoms with Crippen LogP contribution in [0.3, 0.4) is 0 Å². The minimum atomic E-state index is -4.36. The summed E-state index contributed by atoms with van der Waals surface area (Å²) in [7, 11) is 0. The fourth-order valence-electron chi connectivity index (χ4n) is 2.61. The van der Waals surface area contributed by atoms with E-state index >= 15 is 0 Å². The summed E-state index contributed by atoms with van der Waals surface area (Å²) in [6.45, 7) is 0.534. The number of hydrogen-bond donors (Lipinski definition) is 1. The molecule has 1 aliphatic rings. The van der Waals surface area contributed by atoms with Crippen molar-refractivity contribution in [2.24, 2.45) is 5.41 Å². The lowest BCUT2D eigenvalue weighted by atomic mass is 9.75. The van der Waals surface area contributed by atoms with Gasteiger partial charge in [-0.15, -0.1) is 0 Å². The van der Waals surface area contributed by atoms with Crippen molar-refractivity contribution < 1.29 is 13.2 Å². The van der Waals surface area contributed by atoms with Gasteiger partial charge in [0.25, 0.3) is 0 Å². The molecule has 0 N–H and O–H groups in total. The van der Waals surface area contributed by atoms with Crippen LogP contribution in [0, 0.1) is 5.41 Å². The minimum Gasteiger partial charge on any atom is -0.272 e. The molecular weight excluding hydrogens is 261 g/mol. The highest BCUT2D eigenvalue weighted by Crippen LogP contribution is 2.39. The molecule has 0 aromatic carbocycles. The van der Waals surface area contributed by atoms with E-state index in [0.29, 0.717) is 12.3 Å². The van der Waals surface area contributed by atoms with Gasteiger partial charge in [-0.1, -0.05) is 19.3 Å². The number of halogens is 3. The van der Waals surface area contributed by atoms with E-state index in [4.69, 9.17) is 0 Å². The van der Waals surface area contributed by atoms with Crippen molar-refractivity contribution in [1.82, 2.24) is 9.78 Å². The minimum absolute atomic E-state index is 0.0102. The lowest BCUT2D eigenvalue weighted by Crippen LogP contribution is -2.31. The van der Waals surface area contributed by atoms with Crippen molar-refractivity contribution in [3.8, 4) is 0 Å². The van der Waals surface area contributed by atoms with Crippen LogP contribution in [0.5, 0.6) is 0 Å². The van der Waals surface area contributed by atoms with Gasteiger partial charge >= 0.3 is 6.18 Å². The highest BCUT2D eigenvalue weighted by Gasteiger charge is 2.35. The largest absolute Gasteiger partial charge is 0.435 e. The summed E-state index contributed by atoms with van der Waals surface area (Å²) in [6.07, 6.45) is 2.59. The van der Waals surface area contributed by atoms with Crippen molar-refractivity contribution in [1.29, 1.82) is 0 Å². The third-order valence-corrected chi connectivity index (χ3v) is 4.35. The standard InChI is InChI=1S/C12H17F3N2S/c13-12(14,15)10-4-7-17(16-10)8-11(9-18)5-2-1-3-6-11/h4,7,18H,1-3,5-6,8-9H2. The molecule has 1 saturated carbocycles. The van der Waals surface area contributed by atoms with E-state index in [-0.39, 0.29) is 5.41 Å². The fourth-order valence-corrected chi connectivity index (χ4v) is 3.03. The molecule has 0 atom stereocenters. The van der Waals surface area contributed by atoms with Crippen LogP contribution in [0.1, 0.15) is 37.8 Å². The van der Waals surface area contributed by atoms with Crippen LogP contribution in [0.2, 0.25) is 0 Å². The van der Waals surface area contributed by atoms with Gasteiger partial charge in [0.05, 0.1) is 0 Å². The van der Waals surface area contributed by atoms with Crippen LogP contribution in [-0.4, -0.2) is 15.5 Å². The molecule has 0 amide bonds. The molecule has 2 rings (SSSR count). The lowest BCUT2D eigenvalue weighted by molar-refractivity contribution is -0.141. The number of alkyl halides is 3. The molecule has 1 aromatic heterocycles. The fraction of sp³-hybridized carbons (Fsp3) is 0.750. The molecule has 102 valence electrons. The molecule has 1 heterocycles. The zero-order chi connectivity index (χ0) is 13.2. The van der Waals surface area contributed by atoms with Gasteiger partial charge < -0.3 is 0 Å². The van der Waals surface area contributed by atoms with Gasteiger partial charge in [-0.25, -0.2) is 0 Å². The zero-order valence-electron chi connectivity index (χ0n) is 10.1. The maximum atomic E-state index is 12.5. The van der Waals surface area contributed by atoms with E-state index in [1.54, 1.807) is 0 Å². The molecule has 1 fully saturated rings. The molecule has 0 aliphatic heterocycles. The van der Waals surface area contributed by atoms with E-state index in [1.807, 2.05) is 0 Å². The highest BCUT2D eigenvalue weighted by molar-refractivity contribution is 7.80. The topological polar surface area (TPSA) is 17.8 Å². The quantitative estimate of drug-likeness (QED) is 0.833. The van der Waals surface area contributed by atoms with Crippen LogP contribution in [0.4, 0.5) is 13.2 Å². The Balaban J connectivity index is 2.10. The number of hydrogen-bond acceptors (Lipinski definition) is 2. The van der Waals surface area contributed by atoms with Crippen molar-refractivity contribution >= 4 is 12.6 Å². The Bertz CT molecular complexity index is 394. The summed E-state index contributed by atoms with van der Waals surface area (Å²) in [6, 6.07) is 1.04. The Morgan fingerprint density at radius 1 is 1.28 bits per heavy atom. The zero-order valence-corrected chi connectivity index (χ0v) is 11.0. The summed E-state index contributed by atoms with van der Waals surface area (Å²) >= 11 is 4.38. The maximum absolute atomic E-state index is 12.5.